The Kier molecular flexibility index (Phi) is 5.66. The normalized spacial score (nSPS) is 22.4. The fraction of sp³-hybridized carbons (Fsp3) is 0.611. The van der Waals surface area contributed by atoms with Gasteiger partial charge in [0, 0.05) is 11.7 Å². The summed E-state index contributed by atoms with van der Waals surface area (Å²) in [4.78, 5) is 11.5. The molecule has 2 rings (SSSR count). The molecule has 21 heavy (non-hydrogen) atoms. The predicted molar refractivity (Wildman–Crippen MR) is 86.8 cm³/mol. The molecule has 1 aromatic rings. The van der Waals surface area contributed by atoms with Crippen LogP contribution in [0.15, 0.2) is 18.2 Å². The van der Waals surface area contributed by atoms with E-state index in [4.69, 9.17) is 4.74 Å². The summed E-state index contributed by atoms with van der Waals surface area (Å²) < 4.78 is 4.76. The molecule has 0 aromatic heterocycles. The lowest BCUT2D eigenvalue weighted by Crippen LogP contribution is -2.19. The summed E-state index contributed by atoms with van der Waals surface area (Å²) in [5.74, 6) is 0.629. The second kappa shape index (κ2) is 7.48. The number of methoxy groups -OCH3 is 1. The highest BCUT2D eigenvalue weighted by molar-refractivity contribution is 5.90. The van der Waals surface area contributed by atoms with Crippen LogP contribution in [0.25, 0.3) is 0 Å². The number of hydrogen-bond acceptors (Lipinski definition) is 3. The van der Waals surface area contributed by atoms with E-state index in [1.165, 1.54) is 45.6 Å². The Labute approximate surface area is 128 Å². The van der Waals surface area contributed by atoms with Crippen molar-refractivity contribution >= 4 is 11.7 Å². The van der Waals surface area contributed by atoms with Crippen molar-refractivity contribution in [3.05, 3.63) is 29.3 Å². The topological polar surface area (TPSA) is 38.3 Å². The number of carbonyl (C=O) groups is 1. The van der Waals surface area contributed by atoms with Crippen LogP contribution in [-0.2, 0) is 4.74 Å². The van der Waals surface area contributed by atoms with Gasteiger partial charge in [-0.1, -0.05) is 26.2 Å². The Morgan fingerprint density at radius 3 is 2.76 bits per heavy atom. The average molecular weight is 289 g/mol. The monoisotopic (exact) mass is 289 g/mol. The Balaban J connectivity index is 2.01. The Morgan fingerprint density at radius 2 is 2.10 bits per heavy atom. The van der Waals surface area contributed by atoms with Gasteiger partial charge in [0.05, 0.1) is 12.7 Å². The second-order valence-electron chi connectivity index (χ2n) is 6.15. The van der Waals surface area contributed by atoms with Crippen molar-refractivity contribution < 1.29 is 9.53 Å². The van der Waals surface area contributed by atoms with Crippen molar-refractivity contribution in [2.45, 2.75) is 58.4 Å². The first-order valence-corrected chi connectivity index (χ1v) is 8.09. The summed E-state index contributed by atoms with van der Waals surface area (Å²) in [5.41, 5.74) is 2.87. The van der Waals surface area contributed by atoms with Gasteiger partial charge in [0.15, 0.2) is 0 Å². The molecule has 1 N–H and O–H groups in total. The number of benzene rings is 1. The van der Waals surface area contributed by atoms with E-state index in [0.29, 0.717) is 11.6 Å². The summed E-state index contributed by atoms with van der Waals surface area (Å²) in [6.07, 6.45) is 7.81. The highest BCUT2D eigenvalue weighted by Gasteiger charge is 2.18. The molecule has 2 unspecified atom stereocenters. The largest absolute Gasteiger partial charge is 0.465 e. The zero-order chi connectivity index (χ0) is 15.2. The Hall–Kier alpha value is -1.51. The number of hydrogen-bond donors (Lipinski definition) is 1. The van der Waals surface area contributed by atoms with Crippen molar-refractivity contribution in [3.63, 3.8) is 0 Å². The zero-order valence-corrected chi connectivity index (χ0v) is 13.4. The fourth-order valence-electron chi connectivity index (χ4n) is 3.22. The number of ether oxygens (including phenoxy) is 1. The average Bonchev–Trinajstić information content (AvgIpc) is 2.73. The first kappa shape index (κ1) is 15.9. The molecule has 0 amide bonds. The van der Waals surface area contributed by atoms with Gasteiger partial charge in [0.2, 0.25) is 0 Å². The van der Waals surface area contributed by atoms with Gasteiger partial charge in [-0.15, -0.1) is 0 Å². The highest BCUT2D eigenvalue weighted by Crippen LogP contribution is 2.28. The van der Waals surface area contributed by atoms with Gasteiger partial charge < -0.3 is 10.1 Å². The summed E-state index contributed by atoms with van der Waals surface area (Å²) in [5, 5.41) is 3.67. The Bertz CT molecular complexity index is 484. The standard InChI is InChI=1S/C18H27NO2/c1-4-14-6-5-7-16(10-8-14)19-17-11-9-15(12-13(17)2)18(20)21-3/h9,11-12,14,16,19H,4-8,10H2,1-3H3. The van der Waals surface area contributed by atoms with Gasteiger partial charge >= 0.3 is 5.97 Å². The maximum absolute atomic E-state index is 11.5. The van der Waals surface area contributed by atoms with Crippen LogP contribution in [0.5, 0.6) is 0 Å². The smallest absolute Gasteiger partial charge is 0.337 e. The maximum Gasteiger partial charge on any atom is 0.337 e. The minimum atomic E-state index is -0.273. The molecule has 1 aliphatic carbocycles. The Morgan fingerprint density at radius 1 is 1.29 bits per heavy atom. The SMILES string of the molecule is CCC1CCCC(Nc2ccc(C(=O)OC)cc2C)CC1. The van der Waals surface area contributed by atoms with E-state index in [1.54, 1.807) is 0 Å². The molecule has 0 bridgehead atoms. The molecule has 3 heteroatoms. The summed E-state index contributed by atoms with van der Waals surface area (Å²) in [7, 11) is 1.42. The predicted octanol–water partition coefficient (Wildman–Crippen LogP) is 4.55. The third-order valence-corrected chi connectivity index (χ3v) is 4.67. The van der Waals surface area contributed by atoms with Crippen LogP contribution < -0.4 is 5.32 Å². The van der Waals surface area contributed by atoms with Crippen molar-refractivity contribution in [1.29, 1.82) is 0 Å². The summed E-state index contributed by atoms with van der Waals surface area (Å²) >= 11 is 0. The van der Waals surface area contributed by atoms with E-state index < -0.39 is 0 Å². The van der Waals surface area contributed by atoms with Gasteiger partial charge in [0.25, 0.3) is 0 Å². The number of nitrogens with one attached hydrogen (secondary N) is 1. The van der Waals surface area contributed by atoms with Crippen LogP contribution in [0.1, 0.15) is 61.4 Å². The molecule has 0 saturated heterocycles. The quantitative estimate of drug-likeness (QED) is 0.652. The zero-order valence-electron chi connectivity index (χ0n) is 13.4. The van der Waals surface area contributed by atoms with Crippen LogP contribution >= 0.6 is 0 Å². The number of carbonyl (C=O) groups excluding carboxylic acids is 1. The molecule has 0 aliphatic heterocycles. The lowest BCUT2D eigenvalue weighted by Gasteiger charge is -2.20. The third kappa shape index (κ3) is 4.23. The van der Waals surface area contributed by atoms with Gasteiger partial charge in [-0.05, 0) is 55.9 Å². The van der Waals surface area contributed by atoms with Crippen LogP contribution in [-0.4, -0.2) is 19.1 Å². The van der Waals surface area contributed by atoms with E-state index in [9.17, 15) is 4.79 Å². The number of anilines is 1. The minimum Gasteiger partial charge on any atom is -0.465 e. The molecular weight excluding hydrogens is 262 g/mol. The summed E-state index contributed by atoms with van der Waals surface area (Å²) in [6, 6.07) is 6.31. The van der Waals surface area contributed by atoms with Crippen LogP contribution in [0.4, 0.5) is 5.69 Å². The minimum absolute atomic E-state index is 0.273. The lowest BCUT2D eigenvalue weighted by molar-refractivity contribution is 0.0600. The third-order valence-electron chi connectivity index (χ3n) is 4.67. The summed E-state index contributed by atoms with van der Waals surface area (Å²) in [6.45, 7) is 4.34. The fourth-order valence-corrected chi connectivity index (χ4v) is 3.22. The lowest BCUT2D eigenvalue weighted by atomic mass is 9.97. The molecule has 116 valence electrons. The van der Waals surface area contributed by atoms with E-state index in [2.05, 4.69) is 12.2 Å². The van der Waals surface area contributed by atoms with Crippen LogP contribution in [0.2, 0.25) is 0 Å². The molecule has 0 radical (unpaired) electrons. The molecule has 1 aliphatic rings. The second-order valence-corrected chi connectivity index (χ2v) is 6.15. The van der Waals surface area contributed by atoms with E-state index >= 15 is 0 Å². The molecular formula is C18H27NO2. The van der Waals surface area contributed by atoms with Crippen molar-refractivity contribution in [1.82, 2.24) is 0 Å². The van der Waals surface area contributed by atoms with Crippen molar-refractivity contribution in [2.75, 3.05) is 12.4 Å². The number of rotatable bonds is 4. The molecule has 1 fully saturated rings. The molecule has 1 aromatic carbocycles. The number of esters is 1. The van der Waals surface area contributed by atoms with Crippen molar-refractivity contribution in [3.8, 4) is 0 Å². The van der Waals surface area contributed by atoms with Gasteiger partial charge in [0.1, 0.15) is 0 Å². The van der Waals surface area contributed by atoms with Gasteiger partial charge in [-0.3, -0.25) is 0 Å². The molecule has 0 spiro atoms. The van der Waals surface area contributed by atoms with Crippen LogP contribution in [0, 0.1) is 12.8 Å². The van der Waals surface area contributed by atoms with E-state index in [1.807, 2.05) is 25.1 Å². The first-order chi connectivity index (χ1) is 10.1. The van der Waals surface area contributed by atoms with Crippen molar-refractivity contribution in [2.24, 2.45) is 5.92 Å². The van der Waals surface area contributed by atoms with Gasteiger partial charge in [-0.25, -0.2) is 4.79 Å². The highest BCUT2D eigenvalue weighted by atomic mass is 16.5. The van der Waals surface area contributed by atoms with Crippen LogP contribution in [0.3, 0.4) is 0 Å². The first-order valence-electron chi connectivity index (χ1n) is 8.09. The molecule has 3 nitrogen and oxygen atoms in total. The van der Waals surface area contributed by atoms with Gasteiger partial charge in [-0.2, -0.15) is 0 Å². The molecule has 1 saturated carbocycles. The molecule has 0 heterocycles. The maximum atomic E-state index is 11.5. The number of aryl methyl sites for hydroxylation is 1. The van der Waals surface area contributed by atoms with E-state index in [0.717, 1.165) is 17.2 Å². The molecule has 2 atom stereocenters. The van der Waals surface area contributed by atoms with E-state index in [-0.39, 0.29) is 5.97 Å².